The van der Waals surface area contributed by atoms with Crippen LogP contribution in [0.3, 0.4) is 0 Å². The second kappa shape index (κ2) is 6.15. The highest BCUT2D eigenvalue weighted by atomic mass is 19.2. The molecule has 0 nitrogen and oxygen atoms in total. The zero-order chi connectivity index (χ0) is 15.7. The van der Waals surface area contributed by atoms with E-state index in [4.69, 9.17) is 0 Å². The summed E-state index contributed by atoms with van der Waals surface area (Å²) >= 11 is 0. The summed E-state index contributed by atoms with van der Waals surface area (Å²) in [6.07, 6.45) is 3.37. The first-order chi connectivity index (χ1) is 10.6. The van der Waals surface area contributed by atoms with Crippen LogP contribution in [0.25, 0.3) is 0 Å². The third-order valence-corrected chi connectivity index (χ3v) is 4.79. The van der Waals surface area contributed by atoms with E-state index in [0.29, 0.717) is 17.0 Å². The van der Waals surface area contributed by atoms with Gasteiger partial charge < -0.3 is 0 Å². The Morgan fingerprint density at radius 3 is 2.18 bits per heavy atom. The zero-order valence-electron chi connectivity index (χ0n) is 12.6. The van der Waals surface area contributed by atoms with E-state index in [9.17, 15) is 13.2 Å². The highest BCUT2D eigenvalue weighted by Gasteiger charge is 2.26. The minimum Gasteiger partial charge on any atom is -0.207 e. The van der Waals surface area contributed by atoms with Gasteiger partial charge in [-0.05, 0) is 73.3 Å². The molecule has 1 aliphatic rings. The Kier molecular flexibility index (Phi) is 4.23. The van der Waals surface area contributed by atoms with Crippen LogP contribution in [-0.4, -0.2) is 0 Å². The maximum Gasteiger partial charge on any atom is 0.162 e. The van der Waals surface area contributed by atoms with Crippen LogP contribution in [0.1, 0.15) is 54.2 Å². The number of aryl methyl sites for hydroxylation is 1. The number of benzene rings is 2. The van der Waals surface area contributed by atoms with Crippen LogP contribution >= 0.6 is 0 Å². The third-order valence-electron chi connectivity index (χ3n) is 4.79. The molecule has 0 radical (unpaired) electrons. The largest absolute Gasteiger partial charge is 0.207 e. The summed E-state index contributed by atoms with van der Waals surface area (Å²) in [5, 5.41) is 0. The van der Waals surface area contributed by atoms with Crippen LogP contribution in [0.4, 0.5) is 13.2 Å². The van der Waals surface area contributed by atoms with Crippen molar-refractivity contribution in [3.8, 4) is 0 Å². The first-order valence-corrected chi connectivity index (χ1v) is 7.76. The number of halogens is 3. The van der Waals surface area contributed by atoms with Gasteiger partial charge in [-0.15, -0.1) is 0 Å². The molecule has 0 aliphatic heterocycles. The molecule has 0 aromatic heterocycles. The number of rotatable bonds is 2. The van der Waals surface area contributed by atoms with Crippen molar-refractivity contribution in [2.45, 2.75) is 44.4 Å². The van der Waals surface area contributed by atoms with Gasteiger partial charge in [0.25, 0.3) is 0 Å². The molecule has 0 heterocycles. The minimum absolute atomic E-state index is 0.0555. The van der Waals surface area contributed by atoms with E-state index in [1.54, 1.807) is 31.2 Å². The minimum atomic E-state index is -0.732. The molecule has 0 saturated heterocycles. The summed E-state index contributed by atoms with van der Waals surface area (Å²) in [6, 6.07) is 10.1. The Morgan fingerprint density at radius 1 is 0.818 bits per heavy atom. The van der Waals surface area contributed by atoms with Gasteiger partial charge in [-0.2, -0.15) is 0 Å². The van der Waals surface area contributed by atoms with Crippen molar-refractivity contribution in [2.24, 2.45) is 0 Å². The lowest BCUT2D eigenvalue weighted by atomic mass is 9.76. The summed E-state index contributed by atoms with van der Waals surface area (Å²) in [7, 11) is 0. The third kappa shape index (κ3) is 2.90. The number of hydrogen-bond donors (Lipinski definition) is 0. The van der Waals surface area contributed by atoms with Crippen LogP contribution < -0.4 is 0 Å². The van der Waals surface area contributed by atoms with Gasteiger partial charge in [0, 0.05) is 0 Å². The highest BCUT2D eigenvalue weighted by molar-refractivity contribution is 5.29. The van der Waals surface area contributed by atoms with Crippen molar-refractivity contribution in [3.63, 3.8) is 0 Å². The fraction of sp³-hybridized carbons (Fsp3) is 0.368. The molecule has 0 spiro atoms. The van der Waals surface area contributed by atoms with Crippen LogP contribution in [0.2, 0.25) is 0 Å². The second-order valence-electron chi connectivity index (χ2n) is 6.20. The van der Waals surface area contributed by atoms with Gasteiger partial charge in [0.2, 0.25) is 0 Å². The van der Waals surface area contributed by atoms with E-state index >= 15 is 0 Å². The van der Waals surface area contributed by atoms with Crippen LogP contribution in [-0.2, 0) is 0 Å². The predicted octanol–water partition coefficient (Wildman–Crippen LogP) is 5.85. The fourth-order valence-electron chi connectivity index (χ4n) is 3.47. The lowest BCUT2D eigenvalue weighted by molar-refractivity contribution is 0.380. The summed E-state index contributed by atoms with van der Waals surface area (Å²) in [5.41, 5.74) is 1.84. The molecular formula is C19H19F3. The quantitative estimate of drug-likeness (QED) is 0.652. The van der Waals surface area contributed by atoms with Crippen molar-refractivity contribution >= 4 is 0 Å². The van der Waals surface area contributed by atoms with E-state index in [-0.39, 0.29) is 11.7 Å². The molecule has 22 heavy (non-hydrogen) atoms. The maximum atomic E-state index is 14.1. The van der Waals surface area contributed by atoms with Gasteiger partial charge in [-0.1, -0.05) is 24.3 Å². The van der Waals surface area contributed by atoms with E-state index in [1.165, 1.54) is 6.07 Å². The molecule has 1 fully saturated rings. The van der Waals surface area contributed by atoms with Crippen molar-refractivity contribution < 1.29 is 13.2 Å². The molecule has 2 aromatic carbocycles. The SMILES string of the molecule is Cc1ccc(C2CCC(c3cccc(F)c3)CC2)c(F)c1F. The van der Waals surface area contributed by atoms with Gasteiger partial charge in [0.1, 0.15) is 5.82 Å². The smallest absolute Gasteiger partial charge is 0.162 e. The van der Waals surface area contributed by atoms with Gasteiger partial charge in [0.15, 0.2) is 11.6 Å². The molecule has 116 valence electrons. The normalized spacial score (nSPS) is 21.8. The van der Waals surface area contributed by atoms with E-state index in [2.05, 4.69) is 0 Å². The Bertz CT molecular complexity index is 670. The highest BCUT2D eigenvalue weighted by Crippen LogP contribution is 2.41. The van der Waals surface area contributed by atoms with Crippen LogP contribution in [0.5, 0.6) is 0 Å². The van der Waals surface area contributed by atoms with Gasteiger partial charge in [-0.25, -0.2) is 13.2 Å². The monoisotopic (exact) mass is 304 g/mol. The van der Waals surface area contributed by atoms with E-state index in [1.807, 2.05) is 6.07 Å². The zero-order valence-corrected chi connectivity index (χ0v) is 12.6. The van der Waals surface area contributed by atoms with E-state index < -0.39 is 11.6 Å². The average molecular weight is 304 g/mol. The van der Waals surface area contributed by atoms with Gasteiger partial charge in [0.05, 0.1) is 0 Å². The average Bonchev–Trinajstić information content (AvgIpc) is 2.53. The topological polar surface area (TPSA) is 0 Å². The number of hydrogen-bond acceptors (Lipinski definition) is 0. The first-order valence-electron chi connectivity index (χ1n) is 7.76. The summed E-state index contributed by atoms with van der Waals surface area (Å²) in [6.45, 7) is 1.57. The fourth-order valence-corrected chi connectivity index (χ4v) is 3.47. The Hall–Kier alpha value is -1.77. The van der Waals surface area contributed by atoms with Crippen LogP contribution in [0, 0.1) is 24.4 Å². The predicted molar refractivity (Wildman–Crippen MR) is 81.4 cm³/mol. The summed E-state index contributed by atoms with van der Waals surface area (Å²) in [4.78, 5) is 0. The van der Waals surface area contributed by atoms with Crippen LogP contribution in [0.15, 0.2) is 36.4 Å². The van der Waals surface area contributed by atoms with Gasteiger partial charge >= 0.3 is 0 Å². The molecule has 0 atom stereocenters. The Labute approximate surface area is 129 Å². The second-order valence-corrected chi connectivity index (χ2v) is 6.20. The molecular weight excluding hydrogens is 285 g/mol. The van der Waals surface area contributed by atoms with Crippen molar-refractivity contribution in [1.82, 2.24) is 0 Å². The molecule has 3 rings (SSSR count). The molecule has 1 aliphatic carbocycles. The van der Waals surface area contributed by atoms with Gasteiger partial charge in [-0.3, -0.25) is 0 Å². The first kappa shape index (κ1) is 15.1. The molecule has 1 saturated carbocycles. The summed E-state index contributed by atoms with van der Waals surface area (Å²) in [5.74, 6) is -1.28. The standard InChI is InChI=1S/C19H19F3/c1-12-5-10-17(19(22)18(12)21)14-8-6-13(7-9-14)15-3-2-4-16(20)11-15/h2-5,10-11,13-14H,6-9H2,1H3. The lowest BCUT2D eigenvalue weighted by Crippen LogP contribution is -2.14. The molecule has 2 aromatic rings. The van der Waals surface area contributed by atoms with Crippen molar-refractivity contribution in [2.75, 3.05) is 0 Å². The molecule has 0 unspecified atom stereocenters. The molecule has 0 N–H and O–H groups in total. The van der Waals surface area contributed by atoms with E-state index in [0.717, 1.165) is 31.2 Å². The Balaban J connectivity index is 1.73. The summed E-state index contributed by atoms with van der Waals surface area (Å²) < 4.78 is 41.1. The maximum absolute atomic E-state index is 14.1. The molecule has 3 heteroatoms. The van der Waals surface area contributed by atoms with Crippen molar-refractivity contribution in [1.29, 1.82) is 0 Å². The van der Waals surface area contributed by atoms with Crippen molar-refractivity contribution in [3.05, 3.63) is 70.5 Å². The lowest BCUT2D eigenvalue weighted by Gasteiger charge is -2.29. The molecule has 0 amide bonds. The Morgan fingerprint density at radius 2 is 1.50 bits per heavy atom. The molecule has 0 bridgehead atoms.